The number of rotatable bonds is 10. The van der Waals surface area contributed by atoms with Gasteiger partial charge in [-0.3, -0.25) is 13.9 Å². The summed E-state index contributed by atoms with van der Waals surface area (Å²) in [6, 6.07) is 18.1. The highest BCUT2D eigenvalue weighted by atomic mass is 35.5. The largest absolute Gasteiger partial charge is 0.350 e. The van der Waals surface area contributed by atoms with E-state index in [0.29, 0.717) is 0 Å². The quantitative estimate of drug-likeness (QED) is 0.332. The van der Waals surface area contributed by atoms with Crippen molar-refractivity contribution < 1.29 is 22.4 Å². The van der Waals surface area contributed by atoms with Gasteiger partial charge in [-0.1, -0.05) is 71.7 Å². The van der Waals surface area contributed by atoms with Crippen molar-refractivity contribution in [2.75, 3.05) is 17.1 Å². The maximum atomic E-state index is 14.8. The number of amides is 2. The van der Waals surface area contributed by atoms with Crippen LogP contribution in [0.25, 0.3) is 0 Å². The van der Waals surface area contributed by atoms with Gasteiger partial charge in [-0.05, 0) is 50.6 Å². The Bertz CT molecular complexity index is 1440. The van der Waals surface area contributed by atoms with Crippen LogP contribution < -0.4 is 9.62 Å². The molecule has 0 bridgehead atoms. The molecule has 7 nitrogen and oxygen atoms in total. The Kier molecular flexibility index (Phi) is 10.2. The summed E-state index contributed by atoms with van der Waals surface area (Å²) >= 11 is 12.2. The molecule has 0 saturated heterocycles. The molecule has 3 aromatic carbocycles. The van der Waals surface area contributed by atoms with Crippen LogP contribution in [-0.4, -0.2) is 49.5 Å². The van der Waals surface area contributed by atoms with E-state index < -0.39 is 45.8 Å². The highest BCUT2D eigenvalue weighted by molar-refractivity contribution is 7.92. The Morgan fingerprint density at radius 3 is 2.08 bits per heavy atom. The lowest BCUT2D eigenvalue weighted by Gasteiger charge is -2.35. The molecule has 0 unspecified atom stereocenters. The molecule has 40 heavy (non-hydrogen) atoms. The summed E-state index contributed by atoms with van der Waals surface area (Å²) in [7, 11) is -4.00. The van der Waals surface area contributed by atoms with E-state index in [2.05, 4.69) is 5.32 Å². The molecule has 1 N–H and O–H groups in total. The topological polar surface area (TPSA) is 86.8 Å². The monoisotopic (exact) mass is 607 g/mol. The predicted octanol–water partition coefficient (Wildman–Crippen LogP) is 5.45. The van der Waals surface area contributed by atoms with E-state index in [4.69, 9.17) is 23.2 Å². The van der Waals surface area contributed by atoms with Crippen molar-refractivity contribution in [2.24, 2.45) is 0 Å². The number of anilines is 1. The molecule has 2 amide bonds. The Labute approximate surface area is 244 Å². The maximum Gasteiger partial charge on any atom is 0.244 e. The molecule has 0 aliphatic carbocycles. The van der Waals surface area contributed by atoms with E-state index in [1.807, 2.05) is 51.1 Å². The van der Waals surface area contributed by atoms with Crippen LogP contribution in [0.15, 0.2) is 72.8 Å². The smallest absolute Gasteiger partial charge is 0.244 e. The summed E-state index contributed by atoms with van der Waals surface area (Å²) in [6.07, 6.45) is 1.06. The average molecular weight is 609 g/mol. The van der Waals surface area contributed by atoms with Crippen LogP contribution >= 0.6 is 23.2 Å². The fourth-order valence-corrected chi connectivity index (χ4v) is 5.46. The average Bonchev–Trinajstić information content (AvgIpc) is 2.83. The van der Waals surface area contributed by atoms with Crippen LogP contribution in [0, 0.1) is 5.82 Å². The Morgan fingerprint density at radius 1 is 0.950 bits per heavy atom. The van der Waals surface area contributed by atoms with Crippen LogP contribution in [0.3, 0.4) is 0 Å². The third kappa shape index (κ3) is 8.94. The fourth-order valence-electron chi connectivity index (χ4n) is 4.11. The van der Waals surface area contributed by atoms with E-state index in [1.54, 1.807) is 6.07 Å². The van der Waals surface area contributed by atoms with Crippen molar-refractivity contribution in [1.29, 1.82) is 0 Å². The number of hydrogen-bond donors (Lipinski definition) is 1. The molecular weight excluding hydrogens is 576 g/mol. The normalized spacial score (nSPS) is 12.5. The van der Waals surface area contributed by atoms with Crippen molar-refractivity contribution in [3.63, 3.8) is 0 Å². The van der Waals surface area contributed by atoms with Gasteiger partial charge in [-0.2, -0.15) is 0 Å². The molecule has 0 radical (unpaired) electrons. The molecule has 3 rings (SSSR count). The number of benzene rings is 3. The molecule has 11 heteroatoms. The first-order valence-corrected chi connectivity index (χ1v) is 15.1. The lowest BCUT2D eigenvalue weighted by Crippen LogP contribution is -2.56. The van der Waals surface area contributed by atoms with Crippen molar-refractivity contribution >= 4 is 50.7 Å². The SMILES string of the molecule is CC(C)(C)NC(=O)[C@@H](Cc1ccccc1)N(Cc1ccccc1F)C(=O)CN(c1cc(Cl)cc(Cl)c1)S(C)(=O)=O. The van der Waals surface area contributed by atoms with Gasteiger partial charge in [0.2, 0.25) is 21.8 Å². The summed E-state index contributed by atoms with van der Waals surface area (Å²) in [5, 5.41) is 3.27. The Hall–Kier alpha value is -3.14. The predicted molar refractivity (Wildman–Crippen MR) is 157 cm³/mol. The van der Waals surface area contributed by atoms with Gasteiger partial charge in [0.05, 0.1) is 11.9 Å². The highest BCUT2D eigenvalue weighted by Gasteiger charge is 2.34. The molecule has 3 aromatic rings. The first kappa shape index (κ1) is 31.4. The third-order valence-corrected chi connectivity index (χ3v) is 7.46. The van der Waals surface area contributed by atoms with Crippen molar-refractivity contribution in [3.8, 4) is 0 Å². The van der Waals surface area contributed by atoms with Crippen molar-refractivity contribution in [1.82, 2.24) is 10.2 Å². The lowest BCUT2D eigenvalue weighted by molar-refractivity contribution is -0.140. The molecule has 0 spiro atoms. The van der Waals surface area contributed by atoms with Crippen LogP contribution in [-0.2, 0) is 32.6 Å². The highest BCUT2D eigenvalue weighted by Crippen LogP contribution is 2.28. The second-order valence-electron chi connectivity index (χ2n) is 10.5. The molecule has 0 saturated carbocycles. The molecular formula is C29H32Cl2FN3O4S. The number of nitrogens with one attached hydrogen (secondary N) is 1. The van der Waals surface area contributed by atoms with E-state index in [9.17, 15) is 22.4 Å². The standard InChI is InChI=1S/C29H32Cl2FN3O4S/c1-29(2,3)33-28(37)26(14-20-10-6-5-7-11-20)34(18-21-12-8-9-13-25(21)32)27(36)19-35(40(4,38)39)24-16-22(30)15-23(31)17-24/h5-13,15-17,26H,14,18-19H2,1-4H3,(H,33,37)/t26-/m1/s1. The number of nitrogens with zero attached hydrogens (tertiary/aromatic N) is 2. The van der Waals surface area contributed by atoms with Gasteiger partial charge in [-0.15, -0.1) is 0 Å². The minimum atomic E-state index is -4.00. The van der Waals surface area contributed by atoms with Gasteiger partial charge in [0, 0.05) is 34.1 Å². The van der Waals surface area contributed by atoms with Crippen LogP contribution in [0.2, 0.25) is 10.0 Å². The molecule has 0 aliphatic heterocycles. The first-order valence-electron chi connectivity index (χ1n) is 12.5. The number of halogens is 3. The van der Waals surface area contributed by atoms with Gasteiger partial charge in [0.15, 0.2) is 0 Å². The minimum Gasteiger partial charge on any atom is -0.350 e. The molecule has 0 fully saturated rings. The fraction of sp³-hybridized carbons (Fsp3) is 0.310. The lowest BCUT2D eigenvalue weighted by atomic mass is 10.0. The Balaban J connectivity index is 2.10. The summed E-state index contributed by atoms with van der Waals surface area (Å²) < 4.78 is 41.3. The van der Waals surface area contributed by atoms with E-state index in [0.717, 1.165) is 16.1 Å². The van der Waals surface area contributed by atoms with Crippen LogP contribution in [0.5, 0.6) is 0 Å². The van der Waals surface area contributed by atoms with Crippen molar-refractivity contribution in [2.45, 2.75) is 45.3 Å². The van der Waals surface area contributed by atoms with Gasteiger partial charge in [0.1, 0.15) is 18.4 Å². The third-order valence-electron chi connectivity index (χ3n) is 5.88. The molecule has 0 aromatic heterocycles. The number of hydrogen-bond acceptors (Lipinski definition) is 4. The molecule has 214 valence electrons. The van der Waals surface area contributed by atoms with E-state index in [1.165, 1.54) is 41.3 Å². The summed E-state index contributed by atoms with van der Waals surface area (Å²) in [5.41, 5.74) is 0.395. The maximum absolute atomic E-state index is 14.8. The number of sulfonamides is 1. The van der Waals surface area contributed by atoms with Gasteiger partial charge >= 0.3 is 0 Å². The van der Waals surface area contributed by atoms with Gasteiger partial charge < -0.3 is 10.2 Å². The molecule has 0 aliphatic rings. The molecule has 0 heterocycles. The second-order valence-corrected chi connectivity index (χ2v) is 13.2. The Morgan fingerprint density at radius 2 is 1.52 bits per heavy atom. The van der Waals surface area contributed by atoms with E-state index in [-0.39, 0.29) is 34.3 Å². The van der Waals surface area contributed by atoms with Crippen LogP contribution in [0.4, 0.5) is 10.1 Å². The zero-order valence-corrected chi connectivity index (χ0v) is 25.0. The summed E-state index contributed by atoms with van der Waals surface area (Å²) in [5.74, 6) is -1.73. The van der Waals surface area contributed by atoms with Gasteiger partial charge in [0.25, 0.3) is 0 Å². The van der Waals surface area contributed by atoms with Crippen LogP contribution in [0.1, 0.15) is 31.9 Å². The summed E-state index contributed by atoms with van der Waals surface area (Å²) in [6.45, 7) is 4.48. The van der Waals surface area contributed by atoms with E-state index >= 15 is 0 Å². The summed E-state index contributed by atoms with van der Waals surface area (Å²) in [4.78, 5) is 28.9. The first-order chi connectivity index (χ1) is 18.6. The zero-order valence-electron chi connectivity index (χ0n) is 22.7. The number of carbonyl (C=O) groups excluding carboxylic acids is 2. The zero-order chi connectivity index (χ0) is 29.7. The number of carbonyl (C=O) groups is 2. The minimum absolute atomic E-state index is 0.0814. The second kappa shape index (κ2) is 13.0. The van der Waals surface area contributed by atoms with Gasteiger partial charge in [-0.25, -0.2) is 12.8 Å². The molecule has 1 atom stereocenters. The van der Waals surface area contributed by atoms with Crippen molar-refractivity contribution in [3.05, 3.63) is 99.8 Å².